The van der Waals surface area contributed by atoms with E-state index in [0.29, 0.717) is 17.9 Å². The number of urea groups is 1. The van der Waals surface area contributed by atoms with Crippen LogP contribution in [-0.2, 0) is 4.79 Å². The van der Waals surface area contributed by atoms with Crippen molar-refractivity contribution >= 4 is 11.8 Å². The average molecular weight is 308 g/mol. The van der Waals surface area contributed by atoms with Gasteiger partial charge in [0.25, 0.3) is 0 Å². The van der Waals surface area contributed by atoms with E-state index in [0.717, 1.165) is 5.56 Å². The van der Waals surface area contributed by atoms with Crippen LogP contribution in [0.2, 0.25) is 0 Å². The van der Waals surface area contributed by atoms with E-state index in [1.54, 1.807) is 18.4 Å². The number of Topliss-reactive ketones (excluding diaryl/α,β-unsaturated/α-hetero) is 1. The SMILES string of the molecule is O=C1NC2=C[C@@H](c3ccccc3)CC(=O)[C@@H]2[C@H](c2ccco2)N1. The molecule has 0 saturated carbocycles. The first kappa shape index (κ1) is 13.8. The normalized spacial score (nSPS) is 26.8. The van der Waals surface area contributed by atoms with Crippen LogP contribution in [0.1, 0.15) is 29.7 Å². The van der Waals surface area contributed by atoms with Gasteiger partial charge in [-0.1, -0.05) is 36.4 Å². The smallest absolute Gasteiger partial charge is 0.319 e. The molecule has 2 heterocycles. The van der Waals surface area contributed by atoms with E-state index in [1.807, 2.05) is 36.4 Å². The molecule has 2 aliphatic rings. The molecule has 1 aliphatic carbocycles. The van der Waals surface area contributed by atoms with Crippen LogP contribution in [0.15, 0.2) is 64.9 Å². The number of carbonyl (C=O) groups is 2. The fourth-order valence-corrected chi connectivity index (χ4v) is 3.39. The van der Waals surface area contributed by atoms with Gasteiger partial charge < -0.3 is 15.1 Å². The Kier molecular flexibility index (Phi) is 3.26. The molecule has 0 spiro atoms. The summed E-state index contributed by atoms with van der Waals surface area (Å²) in [5.74, 6) is 0.275. The summed E-state index contributed by atoms with van der Waals surface area (Å²) in [4.78, 5) is 24.7. The first-order valence-corrected chi connectivity index (χ1v) is 7.62. The van der Waals surface area contributed by atoms with E-state index in [9.17, 15) is 9.59 Å². The molecule has 1 aromatic carbocycles. The zero-order chi connectivity index (χ0) is 15.8. The van der Waals surface area contributed by atoms with Gasteiger partial charge in [0.05, 0.1) is 12.2 Å². The van der Waals surface area contributed by atoms with Crippen molar-refractivity contribution in [1.82, 2.24) is 10.6 Å². The highest BCUT2D eigenvalue weighted by Gasteiger charge is 2.42. The molecule has 2 amide bonds. The van der Waals surface area contributed by atoms with Crippen LogP contribution in [-0.4, -0.2) is 11.8 Å². The van der Waals surface area contributed by atoms with Crippen LogP contribution in [0.25, 0.3) is 0 Å². The number of carbonyl (C=O) groups excluding carboxylic acids is 2. The van der Waals surface area contributed by atoms with Crippen molar-refractivity contribution in [2.24, 2.45) is 5.92 Å². The number of ketones is 1. The lowest BCUT2D eigenvalue weighted by atomic mass is 9.76. The molecule has 2 N–H and O–H groups in total. The van der Waals surface area contributed by atoms with Crippen molar-refractivity contribution in [1.29, 1.82) is 0 Å². The Morgan fingerprint density at radius 3 is 2.61 bits per heavy atom. The number of allylic oxidation sites excluding steroid dienone is 1. The molecule has 2 aromatic rings. The molecule has 3 atom stereocenters. The molecule has 5 nitrogen and oxygen atoms in total. The van der Waals surface area contributed by atoms with Gasteiger partial charge in [-0.3, -0.25) is 4.79 Å². The molecule has 1 fully saturated rings. The Balaban J connectivity index is 1.72. The molecule has 0 unspecified atom stereocenters. The number of rotatable bonds is 2. The molecule has 1 aromatic heterocycles. The largest absolute Gasteiger partial charge is 0.467 e. The van der Waals surface area contributed by atoms with Gasteiger partial charge in [-0.15, -0.1) is 0 Å². The lowest BCUT2D eigenvalue weighted by Gasteiger charge is -2.37. The number of nitrogens with one attached hydrogen (secondary N) is 2. The van der Waals surface area contributed by atoms with Gasteiger partial charge in [0.2, 0.25) is 0 Å². The predicted molar refractivity (Wildman–Crippen MR) is 83.5 cm³/mol. The van der Waals surface area contributed by atoms with E-state index < -0.39 is 12.0 Å². The molecular formula is C18H16N2O3. The van der Waals surface area contributed by atoms with E-state index in [-0.39, 0.29) is 17.7 Å². The Bertz CT molecular complexity index is 765. The summed E-state index contributed by atoms with van der Waals surface area (Å²) in [6, 6.07) is 12.6. The highest BCUT2D eigenvalue weighted by Crippen LogP contribution is 2.39. The Morgan fingerprint density at radius 1 is 1.04 bits per heavy atom. The molecule has 1 aliphatic heterocycles. The van der Waals surface area contributed by atoms with E-state index in [2.05, 4.69) is 10.6 Å². The Hall–Kier alpha value is -2.82. The molecule has 23 heavy (non-hydrogen) atoms. The van der Waals surface area contributed by atoms with Crippen molar-refractivity contribution in [3.63, 3.8) is 0 Å². The minimum absolute atomic E-state index is 0.00870. The van der Waals surface area contributed by atoms with Gasteiger partial charge in [0.1, 0.15) is 17.6 Å². The van der Waals surface area contributed by atoms with Crippen molar-refractivity contribution in [3.05, 3.63) is 71.8 Å². The number of fused-ring (bicyclic) bond motifs is 1. The summed E-state index contributed by atoms with van der Waals surface area (Å²) in [5.41, 5.74) is 1.74. The second-order valence-electron chi connectivity index (χ2n) is 5.88. The number of benzene rings is 1. The van der Waals surface area contributed by atoms with Crippen LogP contribution < -0.4 is 10.6 Å². The fraction of sp³-hybridized carbons (Fsp3) is 0.222. The minimum Gasteiger partial charge on any atom is -0.467 e. The molecule has 0 radical (unpaired) electrons. The van der Waals surface area contributed by atoms with Gasteiger partial charge in [-0.25, -0.2) is 4.79 Å². The maximum atomic E-state index is 12.8. The molecule has 0 bridgehead atoms. The van der Waals surface area contributed by atoms with Crippen LogP contribution >= 0.6 is 0 Å². The van der Waals surface area contributed by atoms with E-state index in [4.69, 9.17) is 4.42 Å². The summed E-state index contributed by atoms with van der Waals surface area (Å²) in [7, 11) is 0. The quantitative estimate of drug-likeness (QED) is 0.896. The van der Waals surface area contributed by atoms with Crippen LogP contribution in [0.4, 0.5) is 4.79 Å². The number of hydrogen-bond donors (Lipinski definition) is 2. The summed E-state index contributed by atoms with van der Waals surface area (Å²) < 4.78 is 5.41. The summed E-state index contributed by atoms with van der Waals surface area (Å²) in [5, 5.41) is 5.59. The summed E-state index contributed by atoms with van der Waals surface area (Å²) in [6.07, 6.45) is 3.97. The minimum atomic E-state index is -0.450. The summed E-state index contributed by atoms with van der Waals surface area (Å²) >= 11 is 0. The zero-order valence-corrected chi connectivity index (χ0v) is 12.4. The molecular weight excluding hydrogens is 292 g/mol. The molecule has 1 saturated heterocycles. The Morgan fingerprint density at radius 2 is 1.87 bits per heavy atom. The van der Waals surface area contributed by atoms with E-state index in [1.165, 1.54) is 0 Å². The lowest BCUT2D eigenvalue weighted by Crippen LogP contribution is -2.52. The van der Waals surface area contributed by atoms with Gasteiger partial charge in [-0.05, 0) is 17.7 Å². The molecule has 5 heteroatoms. The highest BCUT2D eigenvalue weighted by atomic mass is 16.3. The second-order valence-corrected chi connectivity index (χ2v) is 5.88. The second kappa shape index (κ2) is 5.43. The summed E-state index contributed by atoms with van der Waals surface area (Å²) in [6.45, 7) is 0. The monoisotopic (exact) mass is 308 g/mol. The number of hydrogen-bond acceptors (Lipinski definition) is 3. The van der Waals surface area contributed by atoms with Gasteiger partial charge in [-0.2, -0.15) is 0 Å². The number of amides is 2. The van der Waals surface area contributed by atoms with Crippen molar-refractivity contribution in [2.45, 2.75) is 18.4 Å². The van der Waals surface area contributed by atoms with Crippen LogP contribution in [0, 0.1) is 5.92 Å². The van der Waals surface area contributed by atoms with Gasteiger partial charge in [0, 0.05) is 18.0 Å². The third-order valence-corrected chi connectivity index (χ3v) is 4.44. The first-order chi connectivity index (χ1) is 11.2. The standard InChI is InChI=1S/C18H16N2O3/c21-14-10-12(11-5-2-1-3-6-11)9-13-16(14)17(20-18(22)19-13)15-7-4-8-23-15/h1-9,12,16-17H,10H2,(H2,19,20,22)/t12-,16-,17+/m1/s1. The molecule has 4 rings (SSSR count). The fourth-order valence-electron chi connectivity index (χ4n) is 3.39. The highest BCUT2D eigenvalue weighted by molar-refractivity contribution is 5.91. The Labute approximate surface area is 133 Å². The van der Waals surface area contributed by atoms with Crippen molar-refractivity contribution in [3.8, 4) is 0 Å². The maximum absolute atomic E-state index is 12.8. The van der Waals surface area contributed by atoms with Crippen molar-refractivity contribution < 1.29 is 14.0 Å². The van der Waals surface area contributed by atoms with Gasteiger partial charge in [0.15, 0.2) is 0 Å². The average Bonchev–Trinajstić information content (AvgIpc) is 3.09. The van der Waals surface area contributed by atoms with E-state index >= 15 is 0 Å². The third kappa shape index (κ3) is 2.44. The maximum Gasteiger partial charge on any atom is 0.319 e. The number of furan rings is 1. The van der Waals surface area contributed by atoms with Gasteiger partial charge >= 0.3 is 6.03 Å². The first-order valence-electron chi connectivity index (χ1n) is 7.62. The van der Waals surface area contributed by atoms with Crippen LogP contribution in [0.5, 0.6) is 0 Å². The third-order valence-electron chi connectivity index (χ3n) is 4.44. The molecule has 116 valence electrons. The zero-order valence-electron chi connectivity index (χ0n) is 12.4. The predicted octanol–water partition coefficient (Wildman–Crippen LogP) is 2.89. The van der Waals surface area contributed by atoms with Crippen LogP contribution in [0.3, 0.4) is 0 Å². The lowest BCUT2D eigenvalue weighted by molar-refractivity contribution is -0.123. The van der Waals surface area contributed by atoms with Crippen molar-refractivity contribution in [2.75, 3.05) is 0 Å². The topological polar surface area (TPSA) is 71.3 Å².